The number of benzene rings is 8. The summed E-state index contributed by atoms with van der Waals surface area (Å²) in [7, 11) is 0. The Morgan fingerprint density at radius 1 is 0.561 bits per heavy atom. The molecule has 0 radical (unpaired) electrons. The Labute approximate surface area is 331 Å². The average molecular weight is 732 g/mol. The van der Waals surface area contributed by atoms with E-state index in [4.69, 9.17) is 9.40 Å². The normalized spacial score (nSPS) is 15.7. The van der Waals surface area contributed by atoms with E-state index in [-0.39, 0.29) is 12.0 Å². The topological polar surface area (TPSA) is 32.5 Å². The highest BCUT2D eigenvalue weighted by atomic mass is 16.3. The molecule has 0 saturated carbocycles. The van der Waals surface area contributed by atoms with Crippen molar-refractivity contribution in [2.45, 2.75) is 12.0 Å². The maximum absolute atomic E-state index is 6.62. The summed E-state index contributed by atoms with van der Waals surface area (Å²) in [6.07, 6.45) is 7.17. The molecule has 4 nitrogen and oxygen atoms in total. The molecule has 0 fully saturated rings. The van der Waals surface area contributed by atoms with Crippen LogP contribution < -0.4 is 9.80 Å². The van der Waals surface area contributed by atoms with Crippen LogP contribution in [-0.2, 0) is 0 Å². The quantitative estimate of drug-likeness (QED) is 0.163. The fourth-order valence-electron chi connectivity index (χ4n) is 8.78. The largest absolute Gasteiger partial charge is 0.435 e. The number of hydrogen-bond acceptors (Lipinski definition) is 4. The Morgan fingerprint density at radius 2 is 1.21 bits per heavy atom. The van der Waals surface area contributed by atoms with Crippen molar-refractivity contribution in [2.24, 2.45) is 0 Å². The van der Waals surface area contributed by atoms with E-state index >= 15 is 0 Å². The van der Waals surface area contributed by atoms with Gasteiger partial charge in [-0.2, -0.15) is 0 Å². The molecule has 9 aromatic rings. The maximum Gasteiger partial charge on any atom is 0.227 e. The SMILES string of the molecule is C1=CC2C(C=C1N(c1ccc(-c3cc4ccccc4c4nc(-c5ccccc5)oc34)cc1)c1ccccc1-c1ccccc1)c1ccccc1N2c1ccccc1. The van der Waals surface area contributed by atoms with E-state index in [0.717, 1.165) is 55.6 Å². The van der Waals surface area contributed by atoms with E-state index in [1.807, 2.05) is 30.3 Å². The lowest BCUT2D eigenvalue weighted by Gasteiger charge is -2.34. The molecule has 0 amide bonds. The Bertz CT molecular complexity index is 2970. The van der Waals surface area contributed by atoms with Crippen molar-refractivity contribution in [3.63, 3.8) is 0 Å². The fraction of sp³-hybridized carbons (Fsp3) is 0.0377. The van der Waals surface area contributed by atoms with Gasteiger partial charge in [0.2, 0.25) is 5.89 Å². The second-order valence-electron chi connectivity index (χ2n) is 14.7. The van der Waals surface area contributed by atoms with Gasteiger partial charge < -0.3 is 14.2 Å². The third-order valence-electron chi connectivity index (χ3n) is 11.4. The average Bonchev–Trinajstić information content (AvgIpc) is 3.88. The minimum absolute atomic E-state index is 0.167. The van der Waals surface area contributed by atoms with Crippen LogP contribution in [0, 0.1) is 0 Å². The summed E-state index contributed by atoms with van der Waals surface area (Å²) in [5.41, 5.74) is 14.2. The first-order valence-corrected chi connectivity index (χ1v) is 19.5. The molecule has 11 rings (SSSR count). The number of para-hydroxylation sites is 3. The molecule has 2 heterocycles. The number of oxazole rings is 1. The van der Waals surface area contributed by atoms with Crippen LogP contribution in [-0.4, -0.2) is 11.0 Å². The predicted octanol–water partition coefficient (Wildman–Crippen LogP) is 13.9. The highest BCUT2D eigenvalue weighted by Gasteiger charge is 2.39. The van der Waals surface area contributed by atoms with Crippen molar-refractivity contribution < 1.29 is 4.42 Å². The molecular weight excluding hydrogens is 695 g/mol. The van der Waals surface area contributed by atoms with Crippen LogP contribution in [0.15, 0.2) is 222 Å². The minimum Gasteiger partial charge on any atom is -0.435 e. The van der Waals surface area contributed by atoms with E-state index < -0.39 is 0 Å². The zero-order valence-corrected chi connectivity index (χ0v) is 31.1. The van der Waals surface area contributed by atoms with E-state index in [1.54, 1.807) is 0 Å². The summed E-state index contributed by atoms with van der Waals surface area (Å²) in [6.45, 7) is 0. The number of nitrogens with zero attached hydrogens (tertiary/aromatic N) is 3. The zero-order chi connectivity index (χ0) is 37.7. The van der Waals surface area contributed by atoms with Crippen molar-refractivity contribution in [3.05, 3.63) is 224 Å². The maximum atomic E-state index is 6.62. The predicted molar refractivity (Wildman–Crippen MR) is 235 cm³/mol. The zero-order valence-electron chi connectivity index (χ0n) is 31.1. The summed E-state index contributed by atoms with van der Waals surface area (Å²) >= 11 is 0. The highest BCUT2D eigenvalue weighted by Crippen LogP contribution is 2.50. The van der Waals surface area contributed by atoms with Crippen LogP contribution >= 0.6 is 0 Å². The molecule has 0 spiro atoms. The number of allylic oxidation sites excluding steroid dienone is 1. The van der Waals surface area contributed by atoms with Crippen LogP contribution in [0.4, 0.5) is 22.7 Å². The van der Waals surface area contributed by atoms with Crippen LogP contribution in [0.3, 0.4) is 0 Å². The molecule has 0 N–H and O–H groups in total. The van der Waals surface area contributed by atoms with E-state index in [9.17, 15) is 0 Å². The van der Waals surface area contributed by atoms with Crippen molar-refractivity contribution >= 4 is 44.6 Å². The van der Waals surface area contributed by atoms with Crippen LogP contribution in [0.1, 0.15) is 11.5 Å². The van der Waals surface area contributed by atoms with Crippen LogP contribution in [0.2, 0.25) is 0 Å². The van der Waals surface area contributed by atoms with E-state index in [1.165, 1.54) is 28.1 Å². The Morgan fingerprint density at radius 3 is 2.02 bits per heavy atom. The Kier molecular flexibility index (Phi) is 7.92. The Hall–Kier alpha value is -7.43. The molecule has 2 atom stereocenters. The second kappa shape index (κ2) is 13.7. The van der Waals surface area contributed by atoms with Gasteiger partial charge in [-0.15, -0.1) is 0 Å². The number of hydrogen-bond donors (Lipinski definition) is 0. The summed E-state index contributed by atoms with van der Waals surface area (Å²) in [5.74, 6) is 0.792. The van der Waals surface area contributed by atoms with Gasteiger partial charge in [-0.25, -0.2) is 4.98 Å². The molecule has 0 saturated heterocycles. The lowest BCUT2D eigenvalue weighted by Crippen LogP contribution is -2.30. The van der Waals surface area contributed by atoms with Crippen LogP contribution in [0.5, 0.6) is 0 Å². The van der Waals surface area contributed by atoms with Gasteiger partial charge in [0.15, 0.2) is 5.58 Å². The first kappa shape index (κ1) is 33.0. The number of anilines is 4. The summed E-state index contributed by atoms with van der Waals surface area (Å²) in [5, 5.41) is 2.21. The molecule has 1 aliphatic carbocycles. The lowest BCUT2D eigenvalue weighted by atomic mass is 9.89. The highest BCUT2D eigenvalue weighted by molar-refractivity contribution is 6.10. The monoisotopic (exact) mass is 731 g/mol. The van der Waals surface area contributed by atoms with Crippen LogP contribution in [0.25, 0.3) is 55.6 Å². The molecule has 270 valence electrons. The summed E-state index contributed by atoms with van der Waals surface area (Å²) < 4.78 is 6.62. The molecule has 57 heavy (non-hydrogen) atoms. The fourth-order valence-corrected chi connectivity index (χ4v) is 8.78. The summed E-state index contributed by atoms with van der Waals surface area (Å²) in [6, 6.07) is 68.9. The van der Waals surface area contributed by atoms with Crippen molar-refractivity contribution in [1.82, 2.24) is 4.98 Å². The van der Waals surface area contributed by atoms with E-state index in [2.05, 4.69) is 192 Å². The first-order chi connectivity index (χ1) is 28.3. The van der Waals surface area contributed by atoms with Gasteiger partial charge >= 0.3 is 0 Å². The van der Waals surface area contributed by atoms with Crippen molar-refractivity contribution in [3.8, 4) is 33.7 Å². The van der Waals surface area contributed by atoms with Crippen molar-refractivity contribution in [2.75, 3.05) is 9.80 Å². The van der Waals surface area contributed by atoms with E-state index in [0.29, 0.717) is 5.89 Å². The number of rotatable bonds is 7. The third kappa shape index (κ3) is 5.65. The number of fused-ring (bicyclic) bond motifs is 6. The van der Waals surface area contributed by atoms with Gasteiger partial charge in [-0.05, 0) is 82.7 Å². The lowest BCUT2D eigenvalue weighted by molar-refractivity contribution is 0.621. The Balaban J connectivity index is 1.05. The first-order valence-electron chi connectivity index (χ1n) is 19.5. The van der Waals surface area contributed by atoms with Gasteiger partial charge in [0.25, 0.3) is 0 Å². The van der Waals surface area contributed by atoms with Gasteiger partial charge in [-0.3, -0.25) is 0 Å². The standard InChI is InChI=1S/C53H37N3O/c1-4-16-36(17-5-1)43-23-12-14-26-48(43)55(42-32-33-50-47(35-42)45-25-13-15-27-49(45)56(50)40-21-8-3-9-22-40)41-30-28-37(29-31-41)46-34-39-20-10-11-24-44(39)51-52(46)57-53(54-51)38-18-6-2-7-19-38/h1-35,47,50H. The molecule has 2 unspecified atom stereocenters. The molecule has 4 heteroatoms. The molecule has 1 aliphatic heterocycles. The molecular formula is C53H37N3O. The van der Waals surface area contributed by atoms with Gasteiger partial charge in [0.05, 0.1) is 11.7 Å². The third-order valence-corrected chi connectivity index (χ3v) is 11.4. The van der Waals surface area contributed by atoms with Crippen molar-refractivity contribution in [1.29, 1.82) is 0 Å². The molecule has 2 aliphatic rings. The molecule has 1 aromatic heterocycles. The smallest absolute Gasteiger partial charge is 0.227 e. The van der Waals surface area contributed by atoms with Gasteiger partial charge in [0.1, 0.15) is 5.52 Å². The minimum atomic E-state index is 0.167. The molecule has 8 aromatic carbocycles. The van der Waals surface area contributed by atoms with Gasteiger partial charge in [-0.1, -0.05) is 152 Å². The number of aromatic nitrogens is 1. The van der Waals surface area contributed by atoms with Gasteiger partial charge in [0, 0.05) is 50.8 Å². The summed E-state index contributed by atoms with van der Waals surface area (Å²) in [4.78, 5) is 9.96. The molecule has 0 bridgehead atoms. The second-order valence-corrected chi connectivity index (χ2v) is 14.7.